The van der Waals surface area contributed by atoms with Crippen LogP contribution in [0.25, 0.3) is 11.3 Å². The molecule has 84 valence electrons. The molecule has 3 nitrogen and oxygen atoms in total. The summed E-state index contributed by atoms with van der Waals surface area (Å²) in [6.07, 6.45) is 0. The first-order chi connectivity index (χ1) is 7.31. The highest BCUT2D eigenvalue weighted by Crippen LogP contribution is 2.14. The highest BCUT2D eigenvalue weighted by molar-refractivity contribution is 5.85. The summed E-state index contributed by atoms with van der Waals surface area (Å²) in [4.78, 5) is 14.3. The Labute approximate surface area is 99.7 Å². The molecule has 2 rings (SSSR count). The van der Waals surface area contributed by atoms with Gasteiger partial charge in [0.25, 0.3) is 5.56 Å². The van der Waals surface area contributed by atoms with Crippen molar-refractivity contribution in [3.05, 3.63) is 58.4 Å². The number of H-pyrrole nitrogens is 1. The third-order valence-electron chi connectivity index (χ3n) is 2.30. The van der Waals surface area contributed by atoms with E-state index in [2.05, 4.69) is 4.98 Å². The zero-order valence-electron chi connectivity index (χ0n) is 8.64. The molecule has 0 saturated heterocycles. The zero-order valence-corrected chi connectivity index (χ0v) is 9.46. The Hall–Kier alpha value is -1.58. The van der Waals surface area contributed by atoms with Gasteiger partial charge >= 0.3 is 0 Å². The van der Waals surface area contributed by atoms with Gasteiger partial charge in [-0.3, -0.25) is 4.79 Å². The van der Waals surface area contributed by atoms with E-state index >= 15 is 0 Å². The third kappa shape index (κ3) is 2.51. The quantitative estimate of drug-likeness (QED) is 0.837. The van der Waals surface area contributed by atoms with Crippen LogP contribution in [0.5, 0.6) is 0 Å². The van der Waals surface area contributed by atoms with Crippen molar-refractivity contribution >= 4 is 12.4 Å². The summed E-state index contributed by atoms with van der Waals surface area (Å²) in [5.74, 6) is 0. The largest absolute Gasteiger partial charge is 0.326 e. The van der Waals surface area contributed by atoms with Crippen LogP contribution in [0.15, 0.2) is 47.3 Å². The highest BCUT2D eigenvalue weighted by Gasteiger charge is 2.00. The van der Waals surface area contributed by atoms with E-state index in [1.54, 1.807) is 6.07 Å². The van der Waals surface area contributed by atoms with Crippen LogP contribution in [0.1, 0.15) is 5.56 Å². The molecule has 0 bridgehead atoms. The lowest BCUT2D eigenvalue weighted by Gasteiger charge is -2.02. The number of pyridine rings is 1. The molecule has 0 saturated carbocycles. The van der Waals surface area contributed by atoms with E-state index in [-0.39, 0.29) is 24.5 Å². The molecule has 1 heterocycles. The van der Waals surface area contributed by atoms with Crippen LogP contribution in [-0.2, 0) is 6.54 Å². The second-order valence-electron chi connectivity index (χ2n) is 3.30. The summed E-state index contributed by atoms with van der Waals surface area (Å²) in [7, 11) is 0. The maximum atomic E-state index is 11.5. The summed E-state index contributed by atoms with van der Waals surface area (Å²) in [5.41, 5.74) is 7.73. The van der Waals surface area contributed by atoms with Gasteiger partial charge in [0.15, 0.2) is 0 Å². The Bertz CT molecular complexity index is 508. The molecule has 1 aromatic carbocycles. The van der Waals surface area contributed by atoms with Crippen LogP contribution >= 0.6 is 12.4 Å². The van der Waals surface area contributed by atoms with Crippen LogP contribution in [0.4, 0.5) is 0 Å². The summed E-state index contributed by atoms with van der Waals surface area (Å²) in [6.45, 7) is 0.268. The van der Waals surface area contributed by atoms with E-state index in [1.807, 2.05) is 36.4 Å². The van der Waals surface area contributed by atoms with Gasteiger partial charge < -0.3 is 10.7 Å². The summed E-state index contributed by atoms with van der Waals surface area (Å²) in [5, 5.41) is 0. The summed E-state index contributed by atoms with van der Waals surface area (Å²) in [6, 6.07) is 13.4. The number of nitrogens with two attached hydrogens (primary N) is 1. The highest BCUT2D eigenvalue weighted by atomic mass is 35.5. The first kappa shape index (κ1) is 12.5. The van der Waals surface area contributed by atoms with Crippen molar-refractivity contribution in [1.29, 1.82) is 0 Å². The molecule has 4 heteroatoms. The Kier molecular flexibility index (Phi) is 4.28. The third-order valence-corrected chi connectivity index (χ3v) is 2.30. The molecular formula is C12H13ClN2O. The Morgan fingerprint density at radius 3 is 2.31 bits per heavy atom. The number of nitrogens with one attached hydrogen (secondary N) is 1. The molecule has 0 radical (unpaired) electrons. The average molecular weight is 237 g/mol. The number of aromatic nitrogens is 1. The molecule has 16 heavy (non-hydrogen) atoms. The average Bonchev–Trinajstić information content (AvgIpc) is 2.30. The SMILES string of the molecule is Cl.NCc1ccc(-c2ccccc2)[nH]c1=O. The first-order valence-corrected chi connectivity index (χ1v) is 4.79. The van der Waals surface area contributed by atoms with Crippen LogP contribution in [0.2, 0.25) is 0 Å². The second-order valence-corrected chi connectivity index (χ2v) is 3.30. The van der Waals surface area contributed by atoms with Crippen molar-refractivity contribution < 1.29 is 0 Å². The lowest BCUT2D eigenvalue weighted by atomic mass is 10.1. The fourth-order valence-corrected chi connectivity index (χ4v) is 1.45. The Balaban J connectivity index is 0.00000128. The van der Waals surface area contributed by atoms with Gasteiger partial charge in [-0.1, -0.05) is 36.4 Å². The molecule has 0 aliphatic carbocycles. The van der Waals surface area contributed by atoms with Crippen molar-refractivity contribution in [2.45, 2.75) is 6.54 Å². The molecular weight excluding hydrogens is 224 g/mol. The Morgan fingerprint density at radius 2 is 1.75 bits per heavy atom. The van der Waals surface area contributed by atoms with Gasteiger partial charge in [0.2, 0.25) is 0 Å². The maximum absolute atomic E-state index is 11.5. The number of halogens is 1. The second kappa shape index (κ2) is 5.49. The molecule has 0 aliphatic rings. The minimum Gasteiger partial charge on any atom is -0.326 e. The molecule has 0 amide bonds. The predicted octanol–water partition coefficient (Wildman–Crippen LogP) is 1.92. The molecule has 2 aromatic rings. The van der Waals surface area contributed by atoms with Gasteiger partial charge in [-0.25, -0.2) is 0 Å². The number of benzene rings is 1. The van der Waals surface area contributed by atoms with Crippen molar-refractivity contribution in [3.8, 4) is 11.3 Å². The topological polar surface area (TPSA) is 58.9 Å². The van der Waals surface area contributed by atoms with E-state index in [0.717, 1.165) is 11.3 Å². The van der Waals surface area contributed by atoms with Crippen molar-refractivity contribution in [1.82, 2.24) is 4.98 Å². The number of hydrogen-bond acceptors (Lipinski definition) is 2. The summed E-state index contributed by atoms with van der Waals surface area (Å²) >= 11 is 0. The maximum Gasteiger partial charge on any atom is 0.252 e. The van der Waals surface area contributed by atoms with Gasteiger partial charge in [-0.2, -0.15) is 0 Å². The molecule has 0 atom stereocenters. The van der Waals surface area contributed by atoms with Crippen LogP contribution < -0.4 is 11.3 Å². The number of hydrogen-bond donors (Lipinski definition) is 2. The molecule has 0 aliphatic heterocycles. The monoisotopic (exact) mass is 236 g/mol. The van der Waals surface area contributed by atoms with Crippen LogP contribution in [0, 0.1) is 0 Å². The smallest absolute Gasteiger partial charge is 0.252 e. The molecule has 3 N–H and O–H groups in total. The van der Waals surface area contributed by atoms with Crippen LogP contribution in [-0.4, -0.2) is 4.98 Å². The minimum atomic E-state index is -0.112. The van der Waals surface area contributed by atoms with E-state index < -0.39 is 0 Å². The lowest BCUT2D eigenvalue weighted by molar-refractivity contribution is 1.02. The fraction of sp³-hybridized carbons (Fsp3) is 0.0833. The van der Waals surface area contributed by atoms with E-state index in [0.29, 0.717) is 5.56 Å². The van der Waals surface area contributed by atoms with Crippen LogP contribution in [0.3, 0.4) is 0 Å². The summed E-state index contributed by atoms with van der Waals surface area (Å²) < 4.78 is 0. The standard InChI is InChI=1S/C12H12N2O.ClH/c13-8-10-6-7-11(14-12(10)15)9-4-2-1-3-5-9;/h1-7H,8,13H2,(H,14,15);1H. The molecule has 0 spiro atoms. The predicted molar refractivity (Wildman–Crippen MR) is 67.6 cm³/mol. The van der Waals surface area contributed by atoms with Gasteiger partial charge in [0.05, 0.1) is 0 Å². The van der Waals surface area contributed by atoms with E-state index in [4.69, 9.17) is 5.73 Å². The lowest BCUT2D eigenvalue weighted by Crippen LogP contribution is -2.15. The van der Waals surface area contributed by atoms with Gasteiger partial charge in [0.1, 0.15) is 0 Å². The zero-order chi connectivity index (χ0) is 10.7. The fourth-order valence-electron chi connectivity index (χ4n) is 1.45. The molecule has 0 fully saturated rings. The first-order valence-electron chi connectivity index (χ1n) is 4.79. The number of aromatic amines is 1. The van der Waals surface area contributed by atoms with Crippen molar-refractivity contribution in [2.75, 3.05) is 0 Å². The van der Waals surface area contributed by atoms with Gasteiger partial charge in [0, 0.05) is 17.8 Å². The number of rotatable bonds is 2. The van der Waals surface area contributed by atoms with E-state index in [1.165, 1.54) is 0 Å². The minimum absolute atomic E-state index is 0. The van der Waals surface area contributed by atoms with Gasteiger partial charge in [-0.05, 0) is 11.6 Å². The normalized spacial score (nSPS) is 9.56. The Morgan fingerprint density at radius 1 is 1.06 bits per heavy atom. The van der Waals surface area contributed by atoms with Gasteiger partial charge in [-0.15, -0.1) is 12.4 Å². The molecule has 1 aromatic heterocycles. The van der Waals surface area contributed by atoms with E-state index in [9.17, 15) is 4.79 Å². The van der Waals surface area contributed by atoms with Crippen molar-refractivity contribution in [3.63, 3.8) is 0 Å². The molecule has 0 unspecified atom stereocenters. The van der Waals surface area contributed by atoms with Crippen molar-refractivity contribution in [2.24, 2.45) is 5.73 Å².